The van der Waals surface area contributed by atoms with Crippen LogP contribution in [-0.2, 0) is 4.74 Å². The Morgan fingerprint density at radius 1 is 1.16 bits per heavy atom. The largest absolute Gasteiger partial charge is 0.378 e. The Labute approximate surface area is 153 Å². The van der Waals surface area contributed by atoms with Gasteiger partial charge in [-0.1, -0.05) is 11.9 Å². The quantitative estimate of drug-likeness (QED) is 0.842. The Kier molecular flexibility index (Phi) is 5.24. The van der Waals surface area contributed by atoms with Crippen molar-refractivity contribution in [3.05, 3.63) is 24.5 Å². The third-order valence-electron chi connectivity index (χ3n) is 5.00. The molecule has 0 bridgehead atoms. The van der Waals surface area contributed by atoms with E-state index in [1.54, 1.807) is 0 Å². The lowest BCUT2D eigenvalue weighted by molar-refractivity contribution is 0.122. The van der Waals surface area contributed by atoms with Crippen LogP contribution in [0.25, 0.3) is 10.8 Å². The first-order valence-corrected chi connectivity index (χ1v) is 10.1. The van der Waals surface area contributed by atoms with Crippen LogP contribution in [0.4, 0.5) is 11.6 Å². The van der Waals surface area contributed by atoms with Gasteiger partial charge in [0.25, 0.3) is 0 Å². The lowest BCUT2D eigenvalue weighted by Crippen LogP contribution is -2.37. The summed E-state index contributed by atoms with van der Waals surface area (Å²) < 4.78 is 7.90. The molecular weight excluding hydrogens is 334 g/mol. The molecule has 2 aromatic heterocycles. The lowest BCUT2D eigenvalue weighted by Gasteiger charge is -2.31. The summed E-state index contributed by atoms with van der Waals surface area (Å²) in [4.78, 5) is 11.6. The van der Waals surface area contributed by atoms with E-state index >= 15 is 0 Å². The van der Waals surface area contributed by atoms with Crippen molar-refractivity contribution in [2.75, 3.05) is 55.9 Å². The predicted molar refractivity (Wildman–Crippen MR) is 104 cm³/mol. The van der Waals surface area contributed by atoms with Gasteiger partial charge in [0.1, 0.15) is 11.6 Å². The summed E-state index contributed by atoms with van der Waals surface area (Å²) in [6, 6.07) is 4.69. The molecule has 0 radical (unpaired) electrons. The molecule has 4 rings (SSSR count). The normalized spacial score (nSPS) is 20.1. The van der Waals surface area contributed by atoms with E-state index in [2.05, 4.69) is 36.8 Å². The summed E-state index contributed by atoms with van der Waals surface area (Å²) in [6.07, 6.45) is 8.30. The number of hydrogen-bond acceptors (Lipinski definition) is 7. The Bertz CT molecular complexity index is 714. The number of hydrogen-bond donors (Lipinski definition) is 1. The molecule has 1 N–H and O–H groups in total. The molecule has 0 saturated carbocycles. The first kappa shape index (κ1) is 16.9. The van der Waals surface area contributed by atoms with Gasteiger partial charge in [0.15, 0.2) is 0 Å². The van der Waals surface area contributed by atoms with Gasteiger partial charge in [0.05, 0.1) is 13.2 Å². The zero-order chi connectivity index (χ0) is 17.1. The minimum Gasteiger partial charge on any atom is -0.378 e. The van der Waals surface area contributed by atoms with Crippen molar-refractivity contribution in [3.63, 3.8) is 0 Å². The maximum Gasteiger partial charge on any atom is 0.136 e. The van der Waals surface area contributed by atoms with Crippen LogP contribution in [0.15, 0.2) is 24.5 Å². The molecule has 2 aromatic rings. The molecule has 2 aliphatic rings. The molecule has 2 saturated heterocycles. The summed E-state index contributed by atoms with van der Waals surface area (Å²) in [5.74, 6) is 2.00. The minimum atomic E-state index is 0.497. The Morgan fingerprint density at radius 2 is 1.96 bits per heavy atom. The first-order chi connectivity index (χ1) is 12.3. The average molecular weight is 359 g/mol. The highest BCUT2D eigenvalue weighted by Gasteiger charge is 2.20. The van der Waals surface area contributed by atoms with E-state index in [1.807, 2.05) is 30.4 Å². The van der Waals surface area contributed by atoms with Crippen molar-refractivity contribution in [2.24, 2.45) is 0 Å². The average Bonchev–Trinajstić information content (AvgIpc) is 2.69. The van der Waals surface area contributed by atoms with Gasteiger partial charge in [-0.2, -0.15) is 0 Å². The van der Waals surface area contributed by atoms with Gasteiger partial charge in [0.2, 0.25) is 0 Å². The number of aromatic nitrogens is 2. The van der Waals surface area contributed by atoms with E-state index in [0.717, 1.165) is 69.3 Å². The van der Waals surface area contributed by atoms with Crippen LogP contribution in [-0.4, -0.2) is 66.0 Å². The van der Waals surface area contributed by atoms with Crippen molar-refractivity contribution < 1.29 is 4.74 Å². The molecule has 134 valence electrons. The lowest BCUT2D eigenvalue weighted by atomic mass is 10.1. The van der Waals surface area contributed by atoms with E-state index in [1.165, 1.54) is 5.39 Å². The highest BCUT2D eigenvalue weighted by molar-refractivity contribution is 7.96. The number of fused-ring (bicyclic) bond motifs is 1. The minimum absolute atomic E-state index is 0.497. The van der Waals surface area contributed by atoms with Gasteiger partial charge in [-0.05, 0) is 31.2 Å². The summed E-state index contributed by atoms with van der Waals surface area (Å²) in [7, 11) is 0. The fraction of sp³-hybridized carbons (Fsp3) is 0.556. The second kappa shape index (κ2) is 7.76. The van der Waals surface area contributed by atoms with Crippen molar-refractivity contribution in [2.45, 2.75) is 18.9 Å². The van der Waals surface area contributed by atoms with E-state index in [9.17, 15) is 0 Å². The van der Waals surface area contributed by atoms with Crippen LogP contribution in [0, 0.1) is 0 Å². The first-order valence-electron chi connectivity index (χ1n) is 8.96. The maximum atomic E-state index is 5.48. The Morgan fingerprint density at radius 3 is 2.72 bits per heavy atom. The van der Waals surface area contributed by atoms with Crippen LogP contribution in [0.3, 0.4) is 0 Å². The summed E-state index contributed by atoms with van der Waals surface area (Å²) in [5.41, 5.74) is 0. The van der Waals surface area contributed by atoms with Gasteiger partial charge in [-0.15, -0.1) is 0 Å². The second-order valence-corrected chi connectivity index (χ2v) is 7.44. The van der Waals surface area contributed by atoms with Crippen molar-refractivity contribution in [1.29, 1.82) is 0 Å². The molecule has 2 aliphatic heterocycles. The topological polar surface area (TPSA) is 53.5 Å². The van der Waals surface area contributed by atoms with Gasteiger partial charge in [-0.25, -0.2) is 9.97 Å². The molecule has 7 heteroatoms. The van der Waals surface area contributed by atoms with Crippen LogP contribution in [0.1, 0.15) is 12.8 Å². The smallest absolute Gasteiger partial charge is 0.136 e. The maximum absolute atomic E-state index is 5.48. The van der Waals surface area contributed by atoms with Crippen LogP contribution < -0.4 is 10.2 Å². The Balaban J connectivity index is 1.54. The molecule has 2 fully saturated rings. The number of morpholine rings is 1. The number of piperidine rings is 1. The molecule has 0 atom stereocenters. The van der Waals surface area contributed by atoms with Crippen molar-refractivity contribution in [1.82, 2.24) is 14.3 Å². The fourth-order valence-corrected chi connectivity index (χ4v) is 4.12. The van der Waals surface area contributed by atoms with Crippen LogP contribution in [0.2, 0.25) is 0 Å². The van der Waals surface area contributed by atoms with E-state index in [4.69, 9.17) is 4.74 Å². The highest BCUT2D eigenvalue weighted by Crippen LogP contribution is 2.27. The SMILES string of the molecule is CSN1CCC(Nc2cc3c(N4CCOCC4)nccc3cn2)CC1. The van der Waals surface area contributed by atoms with Crippen molar-refractivity contribution >= 4 is 34.4 Å². The second-order valence-electron chi connectivity index (χ2n) is 6.55. The van der Waals surface area contributed by atoms with Gasteiger partial charge < -0.3 is 15.0 Å². The summed E-state index contributed by atoms with van der Waals surface area (Å²) >= 11 is 1.84. The molecule has 0 amide bonds. The number of pyridine rings is 2. The number of nitrogens with one attached hydrogen (secondary N) is 1. The third kappa shape index (κ3) is 3.83. The fourth-order valence-electron chi connectivity index (χ4n) is 3.55. The third-order valence-corrected chi connectivity index (χ3v) is 5.88. The van der Waals surface area contributed by atoms with Gasteiger partial charge >= 0.3 is 0 Å². The summed E-state index contributed by atoms with van der Waals surface area (Å²) in [5, 5.41) is 5.94. The van der Waals surface area contributed by atoms with Gasteiger partial charge in [-0.3, -0.25) is 4.31 Å². The number of anilines is 2. The molecule has 6 nitrogen and oxygen atoms in total. The standard InChI is InChI=1S/C18H25N5OS/c1-25-23-6-3-15(4-7-23)21-17-12-16-14(13-20-17)2-5-19-18(16)22-8-10-24-11-9-22/h2,5,12-13,15H,3-4,6-11H2,1H3,(H,20,21). The highest BCUT2D eigenvalue weighted by atomic mass is 32.2. The number of ether oxygens (including phenoxy) is 1. The van der Waals surface area contributed by atoms with Crippen LogP contribution in [0.5, 0.6) is 0 Å². The number of nitrogens with zero attached hydrogens (tertiary/aromatic N) is 4. The molecular formula is C18H25N5OS. The van der Waals surface area contributed by atoms with Gasteiger partial charge in [0, 0.05) is 55.4 Å². The zero-order valence-electron chi connectivity index (χ0n) is 14.6. The Hall–Kier alpha value is -1.57. The zero-order valence-corrected chi connectivity index (χ0v) is 15.5. The predicted octanol–water partition coefficient (Wildman–Crippen LogP) is 2.62. The molecule has 4 heterocycles. The molecule has 0 aromatic carbocycles. The van der Waals surface area contributed by atoms with E-state index in [0.29, 0.717) is 6.04 Å². The van der Waals surface area contributed by atoms with E-state index in [-0.39, 0.29) is 0 Å². The monoisotopic (exact) mass is 359 g/mol. The molecule has 25 heavy (non-hydrogen) atoms. The van der Waals surface area contributed by atoms with E-state index < -0.39 is 0 Å². The molecule has 0 spiro atoms. The molecule has 0 unspecified atom stereocenters. The van der Waals surface area contributed by atoms with Crippen molar-refractivity contribution in [3.8, 4) is 0 Å². The summed E-state index contributed by atoms with van der Waals surface area (Å²) in [6.45, 7) is 5.58. The van der Waals surface area contributed by atoms with Crippen LogP contribution >= 0.6 is 11.9 Å². The molecule has 0 aliphatic carbocycles. The number of rotatable bonds is 4.